The number of halogens is 3. The van der Waals surface area contributed by atoms with E-state index in [1.165, 1.54) is 19.1 Å². The van der Waals surface area contributed by atoms with E-state index in [-0.39, 0.29) is 36.4 Å². The molecule has 1 saturated carbocycles. The number of aromatic nitrogens is 1. The Labute approximate surface area is 168 Å². The number of methoxy groups -OCH3 is 2. The first-order valence-corrected chi connectivity index (χ1v) is 8.87. The van der Waals surface area contributed by atoms with Crippen molar-refractivity contribution < 1.29 is 23.0 Å². The molecule has 1 aliphatic carbocycles. The van der Waals surface area contributed by atoms with E-state index < -0.39 is 22.7 Å². The molecule has 0 bridgehead atoms. The van der Waals surface area contributed by atoms with Gasteiger partial charge in [0.05, 0.1) is 26.2 Å². The minimum atomic E-state index is -0.915. The van der Waals surface area contributed by atoms with Gasteiger partial charge in [0.25, 0.3) is 0 Å². The molecule has 4 rings (SSSR count). The molecule has 1 aliphatic heterocycles. The van der Waals surface area contributed by atoms with Gasteiger partial charge in [0.2, 0.25) is 5.91 Å². The van der Waals surface area contributed by atoms with E-state index in [0.29, 0.717) is 12.8 Å². The Bertz CT molecular complexity index is 919. The highest BCUT2D eigenvalue weighted by atomic mass is 35.5. The van der Waals surface area contributed by atoms with Gasteiger partial charge >= 0.3 is 0 Å². The number of carbonyl (C=O) groups is 1. The van der Waals surface area contributed by atoms with Crippen molar-refractivity contribution in [3.05, 3.63) is 46.8 Å². The van der Waals surface area contributed by atoms with Crippen LogP contribution in [0.5, 0.6) is 11.5 Å². The summed E-state index contributed by atoms with van der Waals surface area (Å²) in [6.07, 6.45) is 3.79. The molecule has 8 heteroatoms. The Morgan fingerprint density at radius 2 is 1.75 bits per heavy atom. The third-order valence-electron chi connectivity index (χ3n) is 5.47. The molecule has 1 aromatic carbocycles. The van der Waals surface area contributed by atoms with Gasteiger partial charge in [-0.25, -0.2) is 8.78 Å². The molecule has 1 aromatic heterocycles. The van der Waals surface area contributed by atoms with Gasteiger partial charge in [-0.15, -0.1) is 12.4 Å². The predicted molar refractivity (Wildman–Crippen MR) is 102 cm³/mol. The molecule has 1 amide bonds. The number of benzene rings is 1. The third-order valence-corrected chi connectivity index (χ3v) is 5.47. The molecular weight excluding hydrogens is 390 g/mol. The normalized spacial score (nSPS) is 16.5. The average molecular weight is 411 g/mol. The van der Waals surface area contributed by atoms with E-state index in [1.54, 1.807) is 6.20 Å². The maximum atomic E-state index is 14.9. The molecule has 0 N–H and O–H groups in total. The van der Waals surface area contributed by atoms with Crippen LogP contribution >= 0.6 is 12.4 Å². The summed E-state index contributed by atoms with van der Waals surface area (Å²) in [5, 5.41) is 0. The van der Waals surface area contributed by atoms with Crippen LogP contribution in [0, 0.1) is 11.6 Å². The lowest BCUT2D eigenvalue weighted by atomic mass is 9.86. The summed E-state index contributed by atoms with van der Waals surface area (Å²) < 4.78 is 39.9. The molecule has 28 heavy (non-hydrogen) atoms. The highest BCUT2D eigenvalue weighted by molar-refractivity contribution is 6.05. The zero-order valence-electron chi connectivity index (χ0n) is 15.8. The van der Waals surface area contributed by atoms with Crippen molar-refractivity contribution in [2.75, 3.05) is 19.1 Å². The fourth-order valence-corrected chi connectivity index (χ4v) is 3.81. The largest absolute Gasteiger partial charge is 0.493 e. The van der Waals surface area contributed by atoms with E-state index in [1.807, 2.05) is 13.0 Å². The fraction of sp³-hybridized carbons (Fsp3) is 0.400. The number of carbonyl (C=O) groups excluding carboxylic acids is 1. The predicted octanol–water partition coefficient (Wildman–Crippen LogP) is 3.94. The van der Waals surface area contributed by atoms with Gasteiger partial charge in [-0.1, -0.05) is 6.92 Å². The molecule has 0 atom stereocenters. The second-order valence-corrected chi connectivity index (χ2v) is 6.92. The van der Waals surface area contributed by atoms with Crippen molar-refractivity contribution in [2.45, 2.75) is 38.1 Å². The van der Waals surface area contributed by atoms with E-state index in [2.05, 4.69) is 4.98 Å². The van der Waals surface area contributed by atoms with E-state index in [0.717, 1.165) is 29.3 Å². The lowest BCUT2D eigenvalue weighted by Crippen LogP contribution is -2.45. The van der Waals surface area contributed by atoms with Gasteiger partial charge < -0.3 is 14.4 Å². The topological polar surface area (TPSA) is 51.7 Å². The Kier molecular flexibility index (Phi) is 5.23. The smallest absolute Gasteiger partial charge is 0.238 e. The molecule has 0 radical (unpaired) electrons. The molecule has 2 heterocycles. The summed E-state index contributed by atoms with van der Waals surface area (Å²) in [7, 11) is 2.57. The van der Waals surface area contributed by atoms with Gasteiger partial charge in [-0.3, -0.25) is 9.78 Å². The van der Waals surface area contributed by atoms with Crippen LogP contribution in [-0.2, 0) is 23.2 Å². The zero-order valence-corrected chi connectivity index (χ0v) is 16.7. The minimum absolute atomic E-state index is 0. The molecule has 1 spiro atoms. The summed E-state index contributed by atoms with van der Waals surface area (Å²) in [6.45, 7) is 2.05. The van der Waals surface area contributed by atoms with Crippen LogP contribution in [0.1, 0.15) is 36.6 Å². The quantitative estimate of drug-likeness (QED) is 0.766. The number of hydrogen-bond donors (Lipinski definition) is 0. The molecule has 1 fully saturated rings. The van der Waals surface area contributed by atoms with Crippen LogP contribution in [0.2, 0.25) is 0 Å². The fourth-order valence-electron chi connectivity index (χ4n) is 3.81. The highest BCUT2D eigenvalue weighted by Gasteiger charge is 2.57. The Hall–Kier alpha value is -2.41. The number of rotatable bonds is 4. The van der Waals surface area contributed by atoms with Crippen LogP contribution in [0.4, 0.5) is 14.5 Å². The first-order valence-electron chi connectivity index (χ1n) is 8.87. The number of anilines is 1. The monoisotopic (exact) mass is 410 g/mol. The van der Waals surface area contributed by atoms with Gasteiger partial charge in [-0.05, 0) is 36.5 Å². The lowest BCUT2D eigenvalue weighted by molar-refractivity contribution is -0.121. The molecule has 5 nitrogen and oxygen atoms in total. The standard InChI is InChI=1S/C20H20F2N2O3.ClH/c1-4-12-7-13-11(9-23-12)10-24(19(25)20(13)5-6-20)18-16(21)14(26-2)8-15(27-3)17(18)22;/h7-9H,4-6,10H2,1-3H3;1H. The Morgan fingerprint density at radius 3 is 2.25 bits per heavy atom. The second-order valence-electron chi connectivity index (χ2n) is 6.92. The summed E-state index contributed by atoms with van der Waals surface area (Å²) in [5.74, 6) is -2.48. The minimum Gasteiger partial charge on any atom is -0.493 e. The maximum absolute atomic E-state index is 14.9. The van der Waals surface area contributed by atoms with Gasteiger partial charge in [0.15, 0.2) is 23.1 Å². The molecule has 0 saturated heterocycles. The molecule has 2 aliphatic rings. The van der Waals surface area contributed by atoms with Crippen LogP contribution in [0.3, 0.4) is 0 Å². The number of aryl methyl sites for hydroxylation is 1. The number of hydrogen-bond acceptors (Lipinski definition) is 4. The highest BCUT2D eigenvalue weighted by Crippen LogP contribution is 2.54. The zero-order chi connectivity index (χ0) is 19.3. The second kappa shape index (κ2) is 7.20. The van der Waals surface area contributed by atoms with Crippen LogP contribution in [0.15, 0.2) is 18.3 Å². The first kappa shape index (κ1) is 20.3. The van der Waals surface area contributed by atoms with Crippen molar-refractivity contribution >= 4 is 24.0 Å². The van der Waals surface area contributed by atoms with Crippen LogP contribution in [0.25, 0.3) is 0 Å². The third kappa shape index (κ3) is 2.80. The number of nitrogens with zero attached hydrogens (tertiary/aromatic N) is 2. The average Bonchev–Trinajstić information content (AvgIpc) is 3.47. The van der Waals surface area contributed by atoms with E-state index in [4.69, 9.17) is 9.47 Å². The van der Waals surface area contributed by atoms with Crippen LogP contribution in [-0.4, -0.2) is 25.1 Å². The number of amides is 1. The lowest BCUT2D eigenvalue weighted by Gasteiger charge is -2.35. The Morgan fingerprint density at radius 1 is 1.14 bits per heavy atom. The van der Waals surface area contributed by atoms with E-state index >= 15 is 0 Å². The SMILES string of the molecule is CCc1cc2c(cn1)CN(c1c(F)c(OC)cc(OC)c1F)C(=O)C21CC1.Cl. The Balaban J connectivity index is 0.00000225. The van der Waals surface area contributed by atoms with Crippen LogP contribution < -0.4 is 14.4 Å². The number of ether oxygens (including phenoxy) is 2. The van der Waals surface area contributed by atoms with Crippen molar-refractivity contribution in [1.82, 2.24) is 4.98 Å². The van der Waals surface area contributed by atoms with Gasteiger partial charge in [-0.2, -0.15) is 0 Å². The maximum Gasteiger partial charge on any atom is 0.238 e. The molecule has 2 aromatic rings. The summed E-state index contributed by atoms with van der Waals surface area (Å²) in [5.41, 5.74) is 1.50. The van der Waals surface area contributed by atoms with E-state index in [9.17, 15) is 13.6 Å². The van der Waals surface area contributed by atoms with Gasteiger partial charge in [0.1, 0.15) is 5.69 Å². The molecular formula is C20H21ClF2N2O3. The molecule has 0 unspecified atom stereocenters. The first-order chi connectivity index (χ1) is 13.0. The van der Waals surface area contributed by atoms with Crippen molar-refractivity contribution in [3.8, 4) is 11.5 Å². The van der Waals surface area contributed by atoms with Crippen molar-refractivity contribution in [3.63, 3.8) is 0 Å². The number of fused-ring (bicyclic) bond motifs is 2. The van der Waals surface area contributed by atoms with Crippen molar-refractivity contribution in [2.24, 2.45) is 0 Å². The molecule has 150 valence electrons. The number of pyridine rings is 1. The van der Waals surface area contributed by atoms with Crippen molar-refractivity contribution in [1.29, 1.82) is 0 Å². The summed E-state index contributed by atoms with van der Waals surface area (Å²) >= 11 is 0. The summed E-state index contributed by atoms with van der Waals surface area (Å²) in [4.78, 5) is 18.8. The summed E-state index contributed by atoms with van der Waals surface area (Å²) in [6, 6.07) is 3.09. The van der Waals surface area contributed by atoms with Gasteiger partial charge in [0, 0.05) is 18.0 Å².